The van der Waals surface area contributed by atoms with Gasteiger partial charge >= 0.3 is 5.97 Å². The molecule has 1 unspecified atom stereocenters. The number of carboxylic acid groups (broad SMARTS) is 1. The van der Waals surface area contributed by atoms with Crippen molar-refractivity contribution in [3.05, 3.63) is 64.7 Å². The lowest BCUT2D eigenvalue weighted by Crippen LogP contribution is -2.40. The first-order valence-corrected chi connectivity index (χ1v) is 13.8. The average Bonchev–Trinajstić information content (AvgIpc) is 2.86. The lowest BCUT2D eigenvalue weighted by molar-refractivity contribution is -0.145. The van der Waals surface area contributed by atoms with E-state index in [0.717, 1.165) is 17.6 Å². The van der Waals surface area contributed by atoms with Crippen molar-refractivity contribution in [3.63, 3.8) is 0 Å². The molecule has 4 nitrogen and oxygen atoms in total. The average molecular weight is 500 g/mol. The first kappa shape index (κ1) is 27.5. The molecule has 192 valence electrons. The first-order chi connectivity index (χ1) is 16.9. The van der Waals surface area contributed by atoms with E-state index in [4.69, 9.17) is 16.3 Å². The Morgan fingerprint density at radius 3 is 2.00 bits per heavy atom. The van der Waals surface area contributed by atoms with Gasteiger partial charge in [-0.1, -0.05) is 88.2 Å². The molecule has 4 rings (SSSR count). The summed E-state index contributed by atoms with van der Waals surface area (Å²) in [5.74, 6) is -0.0116. The molecule has 0 radical (unpaired) electrons. The van der Waals surface area contributed by atoms with Gasteiger partial charge < -0.3 is 15.2 Å². The normalized spacial score (nSPS) is 17.9. The Hall–Kier alpha value is -2.04. The molecular weight excluding hydrogens is 458 g/mol. The zero-order valence-corrected chi connectivity index (χ0v) is 22.1. The smallest absolute Gasteiger partial charge is 0.345 e. The summed E-state index contributed by atoms with van der Waals surface area (Å²) in [6.07, 6.45) is 13.9. The van der Waals surface area contributed by atoms with E-state index < -0.39 is 12.1 Å². The molecule has 5 heteroatoms. The van der Waals surface area contributed by atoms with E-state index in [-0.39, 0.29) is 6.42 Å². The molecule has 2 aromatic rings. The van der Waals surface area contributed by atoms with E-state index in [1.54, 1.807) is 18.2 Å². The second kappa shape index (κ2) is 14.5. The maximum Gasteiger partial charge on any atom is 0.345 e. The van der Waals surface area contributed by atoms with E-state index in [1.165, 1.54) is 69.8 Å². The standard InChI is InChI=1S/C18H19ClO3.C12H23N/c1-12(2)14-6-8-16(9-7-14)22-17(18(20)21)11-13-4-3-5-15(19)10-13;1-3-7-11(8-4-1)13-12-9-5-2-6-10-12/h3-10,12,17H,11H2,1-2H3,(H,20,21);11-13H,1-10H2. The van der Waals surface area contributed by atoms with Crippen molar-refractivity contribution in [2.45, 2.75) is 109 Å². The van der Waals surface area contributed by atoms with Crippen LogP contribution in [0.15, 0.2) is 48.5 Å². The first-order valence-electron chi connectivity index (χ1n) is 13.4. The summed E-state index contributed by atoms with van der Waals surface area (Å²) in [5.41, 5.74) is 2.02. The molecule has 0 heterocycles. The van der Waals surface area contributed by atoms with Gasteiger partial charge in [0.15, 0.2) is 6.10 Å². The number of carboxylic acids is 1. The number of halogens is 1. The molecule has 0 aliphatic heterocycles. The van der Waals surface area contributed by atoms with Crippen molar-refractivity contribution in [2.75, 3.05) is 0 Å². The highest BCUT2D eigenvalue weighted by molar-refractivity contribution is 6.30. The number of benzene rings is 2. The fourth-order valence-electron chi connectivity index (χ4n) is 5.02. The summed E-state index contributed by atoms with van der Waals surface area (Å²) in [6.45, 7) is 4.21. The SMILES string of the molecule is C1CCC(NC2CCCCC2)CC1.CC(C)c1ccc(OC(Cc2cccc(Cl)c2)C(=O)O)cc1. The van der Waals surface area contributed by atoms with Crippen LogP contribution in [0.3, 0.4) is 0 Å². The summed E-state index contributed by atoms with van der Waals surface area (Å²) in [6, 6.07) is 16.4. The van der Waals surface area contributed by atoms with Crippen LogP contribution in [-0.4, -0.2) is 29.3 Å². The van der Waals surface area contributed by atoms with E-state index in [1.807, 2.05) is 30.3 Å². The summed E-state index contributed by atoms with van der Waals surface area (Å²) < 4.78 is 5.61. The Balaban J connectivity index is 0.000000223. The third kappa shape index (κ3) is 9.85. The molecule has 1 atom stereocenters. The Kier molecular flexibility index (Phi) is 11.4. The molecule has 2 saturated carbocycles. The topological polar surface area (TPSA) is 58.6 Å². The molecule has 2 aliphatic rings. The second-order valence-corrected chi connectivity index (χ2v) is 10.8. The lowest BCUT2D eigenvalue weighted by Gasteiger charge is -2.30. The van der Waals surface area contributed by atoms with Crippen molar-refractivity contribution in [1.29, 1.82) is 0 Å². The minimum atomic E-state index is -0.993. The van der Waals surface area contributed by atoms with Crippen LogP contribution in [0.4, 0.5) is 0 Å². The molecule has 35 heavy (non-hydrogen) atoms. The molecule has 2 aromatic carbocycles. The lowest BCUT2D eigenvalue weighted by atomic mass is 9.91. The molecule has 0 bridgehead atoms. The minimum absolute atomic E-state index is 0.266. The third-order valence-electron chi connectivity index (χ3n) is 7.09. The van der Waals surface area contributed by atoms with Crippen molar-refractivity contribution >= 4 is 17.6 Å². The Bertz CT molecular complexity index is 871. The number of carbonyl (C=O) groups is 1. The fraction of sp³-hybridized carbons (Fsp3) is 0.567. The summed E-state index contributed by atoms with van der Waals surface area (Å²) in [7, 11) is 0. The van der Waals surface area contributed by atoms with Crippen molar-refractivity contribution < 1.29 is 14.6 Å². The van der Waals surface area contributed by atoms with Gasteiger partial charge in [-0.15, -0.1) is 0 Å². The van der Waals surface area contributed by atoms with Crippen LogP contribution >= 0.6 is 11.6 Å². The van der Waals surface area contributed by atoms with E-state index in [9.17, 15) is 9.90 Å². The largest absolute Gasteiger partial charge is 0.478 e. The van der Waals surface area contributed by atoms with E-state index in [0.29, 0.717) is 16.7 Å². The van der Waals surface area contributed by atoms with Crippen molar-refractivity contribution in [1.82, 2.24) is 5.32 Å². The molecule has 2 fully saturated rings. The molecule has 0 saturated heterocycles. The Morgan fingerprint density at radius 2 is 1.51 bits per heavy atom. The zero-order valence-electron chi connectivity index (χ0n) is 21.3. The summed E-state index contributed by atoms with van der Waals surface area (Å²) in [5, 5.41) is 13.8. The predicted molar refractivity (Wildman–Crippen MR) is 145 cm³/mol. The van der Waals surface area contributed by atoms with E-state index in [2.05, 4.69) is 19.2 Å². The molecule has 0 aromatic heterocycles. The molecular formula is C30H42ClNO3. The molecule has 2 N–H and O–H groups in total. The second-order valence-electron chi connectivity index (χ2n) is 10.3. The maximum absolute atomic E-state index is 11.4. The number of aliphatic carboxylic acids is 1. The monoisotopic (exact) mass is 499 g/mol. The van der Waals surface area contributed by atoms with Crippen LogP contribution in [-0.2, 0) is 11.2 Å². The number of hydrogen-bond acceptors (Lipinski definition) is 3. The number of ether oxygens (including phenoxy) is 1. The van der Waals surface area contributed by atoms with Crippen LogP contribution in [0.2, 0.25) is 5.02 Å². The van der Waals surface area contributed by atoms with Gasteiger partial charge in [0.25, 0.3) is 0 Å². The van der Waals surface area contributed by atoms with Gasteiger partial charge in [0.2, 0.25) is 0 Å². The van der Waals surface area contributed by atoms with Crippen LogP contribution in [0, 0.1) is 0 Å². The van der Waals surface area contributed by atoms with Crippen LogP contribution in [0.25, 0.3) is 0 Å². The van der Waals surface area contributed by atoms with Crippen LogP contribution in [0.1, 0.15) is 95.1 Å². The Labute approximate surface area is 216 Å². The molecule has 2 aliphatic carbocycles. The summed E-state index contributed by atoms with van der Waals surface area (Å²) >= 11 is 5.93. The summed E-state index contributed by atoms with van der Waals surface area (Å²) in [4.78, 5) is 11.4. The van der Waals surface area contributed by atoms with Crippen molar-refractivity contribution in [2.24, 2.45) is 0 Å². The van der Waals surface area contributed by atoms with Crippen LogP contribution < -0.4 is 10.1 Å². The predicted octanol–water partition coefficient (Wildman–Crippen LogP) is 7.78. The number of nitrogens with one attached hydrogen (secondary N) is 1. The molecule has 0 spiro atoms. The van der Waals surface area contributed by atoms with Gasteiger partial charge in [0.1, 0.15) is 5.75 Å². The van der Waals surface area contributed by atoms with Gasteiger partial charge in [0, 0.05) is 23.5 Å². The van der Waals surface area contributed by atoms with Crippen molar-refractivity contribution in [3.8, 4) is 5.75 Å². The Morgan fingerprint density at radius 1 is 0.943 bits per heavy atom. The van der Waals surface area contributed by atoms with Gasteiger partial charge in [-0.05, 0) is 67.0 Å². The van der Waals surface area contributed by atoms with E-state index >= 15 is 0 Å². The van der Waals surface area contributed by atoms with Gasteiger partial charge in [0.05, 0.1) is 0 Å². The zero-order chi connectivity index (χ0) is 25.0. The highest BCUT2D eigenvalue weighted by atomic mass is 35.5. The van der Waals surface area contributed by atoms with Gasteiger partial charge in [-0.3, -0.25) is 0 Å². The highest BCUT2D eigenvalue weighted by Gasteiger charge is 2.21. The third-order valence-corrected chi connectivity index (χ3v) is 7.33. The maximum atomic E-state index is 11.4. The number of rotatable bonds is 8. The number of hydrogen-bond donors (Lipinski definition) is 2. The van der Waals surface area contributed by atoms with Gasteiger partial charge in [-0.25, -0.2) is 4.79 Å². The quantitative estimate of drug-likeness (QED) is 0.389. The minimum Gasteiger partial charge on any atom is -0.478 e. The highest BCUT2D eigenvalue weighted by Crippen LogP contribution is 2.23. The van der Waals surface area contributed by atoms with Gasteiger partial charge in [-0.2, -0.15) is 0 Å². The van der Waals surface area contributed by atoms with Crippen LogP contribution in [0.5, 0.6) is 5.75 Å². The molecule has 0 amide bonds. The fourth-order valence-corrected chi connectivity index (χ4v) is 5.24.